The molecule has 0 aliphatic rings. The summed E-state index contributed by atoms with van der Waals surface area (Å²) < 4.78 is 84.4. The lowest BCUT2D eigenvalue weighted by molar-refractivity contribution is 0.670. The maximum atomic E-state index is 8.93. The molecule has 0 bridgehead atoms. The van der Waals surface area contributed by atoms with Gasteiger partial charge in [0.1, 0.15) is 17.5 Å². The Kier molecular flexibility index (Phi) is 3.98. The Morgan fingerprint density at radius 3 is 2.20 bits per heavy atom. The largest absolute Gasteiger partial charge is 0.455 e. The molecule has 3 nitrogen and oxygen atoms in total. The van der Waals surface area contributed by atoms with Crippen LogP contribution in [0.5, 0.6) is 0 Å². The van der Waals surface area contributed by atoms with Crippen LogP contribution < -0.4 is 0 Å². The van der Waals surface area contributed by atoms with Crippen molar-refractivity contribution in [3.8, 4) is 44.6 Å². The number of fused-ring (bicyclic) bond motifs is 6. The first kappa shape index (κ1) is 17.5. The lowest BCUT2D eigenvalue weighted by Gasteiger charge is -2.07. The summed E-state index contributed by atoms with van der Waals surface area (Å²) in [6, 6.07) is 22.8. The van der Waals surface area contributed by atoms with E-state index >= 15 is 0 Å². The van der Waals surface area contributed by atoms with Crippen LogP contribution in [-0.2, 0) is 0 Å². The van der Waals surface area contributed by atoms with Crippen molar-refractivity contribution in [3.05, 3.63) is 146 Å². The molecule has 0 radical (unpaired) electrons. The van der Waals surface area contributed by atoms with E-state index in [-0.39, 0.29) is 16.7 Å². The number of nitrogens with zero attached hydrogens (tertiary/aromatic N) is 2. The second-order valence-corrected chi connectivity index (χ2v) is 11.4. The van der Waals surface area contributed by atoms with Gasteiger partial charge in [-0.15, -0.1) is 11.3 Å². The Balaban J connectivity index is 1.17. The van der Waals surface area contributed by atoms with Crippen molar-refractivity contribution in [1.29, 1.82) is 0 Å². The van der Waals surface area contributed by atoms with Crippen LogP contribution >= 0.6 is 11.3 Å². The minimum atomic E-state index is -0.617. The van der Waals surface area contributed by atoms with E-state index in [0.717, 1.165) is 59.1 Å². The number of rotatable bonds is 4. The number of aromatic nitrogens is 2. The molecule has 0 fully saturated rings. The van der Waals surface area contributed by atoms with Crippen molar-refractivity contribution in [3.63, 3.8) is 0 Å². The monoisotopic (exact) mass is 589 g/mol. The first-order valence-corrected chi connectivity index (χ1v) is 14.7. The minimum absolute atomic E-state index is 0.0270. The van der Waals surface area contributed by atoms with E-state index in [1.54, 1.807) is 12.1 Å². The van der Waals surface area contributed by atoms with Gasteiger partial charge in [-0.05, 0) is 52.1 Å². The summed E-state index contributed by atoms with van der Waals surface area (Å²) >= 11 is 1.51. The molecule has 6 aromatic carbocycles. The average molecular weight is 590 g/mol. The fraction of sp³-hybridized carbons (Fsp3) is 0. The normalized spacial score (nSPS) is 14.5. The molecule has 0 aliphatic carbocycles. The Morgan fingerprint density at radius 1 is 0.568 bits per heavy atom. The molecule has 44 heavy (non-hydrogen) atoms. The van der Waals surface area contributed by atoms with Crippen LogP contribution in [0.3, 0.4) is 0 Å². The summed E-state index contributed by atoms with van der Waals surface area (Å²) in [5, 5.41) is 2.85. The second kappa shape index (κ2) is 10.0. The Labute approximate surface area is 270 Å². The molecule has 0 saturated carbocycles. The van der Waals surface area contributed by atoms with E-state index in [0.29, 0.717) is 11.1 Å². The summed E-state index contributed by atoms with van der Waals surface area (Å²) in [6.07, 6.45) is 1.51. The maximum Gasteiger partial charge on any atom is 0.143 e. The van der Waals surface area contributed by atoms with Crippen LogP contribution in [0.4, 0.5) is 0 Å². The van der Waals surface area contributed by atoms with Crippen LogP contribution in [0, 0.1) is 0 Å². The fourth-order valence-corrected chi connectivity index (χ4v) is 6.85. The van der Waals surface area contributed by atoms with Gasteiger partial charge >= 0.3 is 0 Å². The van der Waals surface area contributed by atoms with Gasteiger partial charge in [-0.1, -0.05) is 115 Å². The topological polar surface area (TPSA) is 38.9 Å². The third-order valence-electron chi connectivity index (χ3n) is 7.77. The zero-order chi connectivity index (χ0) is 36.9. The van der Waals surface area contributed by atoms with E-state index in [2.05, 4.69) is 23.2 Å². The number of para-hydroxylation sites is 2. The minimum Gasteiger partial charge on any atom is -0.455 e. The lowest BCUT2D eigenvalue weighted by atomic mass is 9.99. The molecule has 0 unspecified atom stereocenters. The van der Waals surface area contributed by atoms with Gasteiger partial charge in [0, 0.05) is 32.0 Å². The number of hydrogen-bond donors (Lipinski definition) is 0. The zero-order valence-corrected chi connectivity index (χ0v) is 23.7. The molecule has 206 valence electrons. The Bertz CT molecular complexity index is 2970. The average Bonchev–Trinajstić information content (AvgIpc) is 3.75. The zero-order valence-electron chi connectivity index (χ0n) is 31.9. The van der Waals surface area contributed by atoms with Crippen molar-refractivity contribution >= 4 is 53.6 Å². The highest BCUT2D eigenvalue weighted by molar-refractivity contribution is 7.26. The molecule has 3 heterocycles. The van der Waals surface area contributed by atoms with Crippen LogP contribution in [0.15, 0.2) is 150 Å². The van der Waals surface area contributed by atoms with Gasteiger partial charge in [0.25, 0.3) is 0 Å². The van der Waals surface area contributed by atoms with Crippen molar-refractivity contribution in [1.82, 2.24) is 9.97 Å². The van der Waals surface area contributed by atoms with Gasteiger partial charge in [0.2, 0.25) is 0 Å². The molecule has 0 atom stereocenters. The van der Waals surface area contributed by atoms with Gasteiger partial charge in [0.15, 0.2) is 0 Å². The lowest BCUT2D eigenvalue weighted by Crippen LogP contribution is -1.87. The van der Waals surface area contributed by atoms with Gasteiger partial charge in [-0.25, -0.2) is 9.97 Å². The van der Waals surface area contributed by atoms with E-state index in [1.807, 2.05) is 54.6 Å². The summed E-state index contributed by atoms with van der Waals surface area (Å²) in [6.45, 7) is 0. The Morgan fingerprint density at radius 2 is 1.32 bits per heavy atom. The fourth-order valence-electron chi connectivity index (χ4n) is 5.70. The third kappa shape index (κ3) is 4.03. The molecular formula is C40H24N2OS. The first-order valence-electron chi connectivity index (χ1n) is 18.4. The van der Waals surface area contributed by atoms with Crippen molar-refractivity contribution in [2.75, 3.05) is 0 Å². The van der Waals surface area contributed by atoms with E-state index in [4.69, 9.17) is 21.7 Å². The van der Waals surface area contributed by atoms with Gasteiger partial charge in [-0.3, -0.25) is 0 Å². The number of thiophene rings is 1. The van der Waals surface area contributed by atoms with Crippen molar-refractivity contribution in [2.24, 2.45) is 0 Å². The molecule has 3 aromatic heterocycles. The Hall–Kier alpha value is -5.58. The first-order chi connectivity index (χ1) is 25.5. The molecule has 9 aromatic rings. The molecule has 0 spiro atoms. The van der Waals surface area contributed by atoms with Gasteiger partial charge in [0.05, 0.1) is 28.2 Å². The molecule has 0 N–H and O–H groups in total. The highest BCUT2D eigenvalue weighted by atomic mass is 32.1. The molecule has 4 heteroatoms. The number of benzene rings is 6. The molecule has 0 amide bonds. The smallest absolute Gasteiger partial charge is 0.143 e. The van der Waals surface area contributed by atoms with Crippen molar-refractivity contribution < 1.29 is 16.8 Å². The summed E-state index contributed by atoms with van der Waals surface area (Å²) in [5.41, 5.74) is 5.59. The number of furan rings is 1. The highest BCUT2D eigenvalue weighted by Crippen LogP contribution is 2.41. The van der Waals surface area contributed by atoms with Crippen LogP contribution in [0.1, 0.15) is 12.3 Å². The molecular weight excluding hydrogens is 557 g/mol. The number of hydrogen-bond acceptors (Lipinski definition) is 4. The van der Waals surface area contributed by atoms with Crippen LogP contribution in [0.25, 0.3) is 86.9 Å². The van der Waals surface area contributed by atoms with E-state index < -0.39 is 54.4 Å². The van der Waals surface area contributed by atoms with Gasteiger partial charge < -0.3 is 4.42 Å². The summed E-state index contributed by atoms with van der Waals surface area (Å²) in [7, 11) is 0. The highest BCUT2D eigenvalue weighted by Gasteiger charge is 2.16. The summed E-state index contributed by atoms with van der Waals surface area (Å²) in [4.78, 5) is 9.34. The SMILES string of the molecule is [2H]c1c([2H])c([2H])c(-c2c([2H])c([2H])c(-c3ccc4sc5c(-c6cccc(-c7cccc8c7oc7ccccc78)c6)ncnc5c4c3)c([2H])c2[2H])c([2H])c1[2H]. The standard InChI is InChI=1S/C40H24N2OS/c1-2-8-25(9-3-1)26-16-18-27(19-17-26)28-20-21-36-34(23-28)38-40(44-36)37(41-24-42-38)30-11-6-10-29(22-30)31-13-7-14-33-32-12-4-5-15-35(32)43-39(31)33/h1-24H/i1D,2D,3D,8D,9D,16D,17D,18D,19D. The molecule has 0 saturated heterocycles. The molecule has 9 rings (SSSR count). The molecule has 0 aliphatic heterocycles. The van der Waals surface area contributed by atoms with E-state index in [9.17, 15) is 0 Å². The third-order valence-corrected chi connectivity index (χ3v) is 8.93. The van der Waals surface area contributed by atoms with Gasteiger partial charge in [-0.2, -0.15) is 0 Å². The van der Waals surface area contributed by atoms with Crippen LogP contribution in [0.2, 0.25) is 0 Å². The second-order valence-electron chi connectivity index (χ2n) is 10.3. The predicted octanol–water partition coefficient (Wildman–Crippen LogP) is 11.4. The van der Waals surface area contributed by atoms with Crippen molar-refractivity contribution in [2.45, 2.75) is 0 Å². The summed E-state index contributed by atoms with van der Waals surface area (Å²) in [5.74, 6) is 0. The van der Waals surface area contributed by atoms with E-state index in [1.165, 1.54) is 17.7 Å². The van der Waals surface area contributed by atoms with Crippen LogP contribution in [-0.4, -0.2) is 9.97 Å². The maximum absolute atomic E-state index is 8.93. The quantitative estimate of drug-likeness (QED) is 0.205. The predicted molar refractivity (Wildman–Crippen MR) is 184 cm³/mol.